The summed E-state index contributed by atoms with van der Waals surface area (Å²) in [6.07, 6.45) is -2.93. The van der Waals surface area contributed by atoms with Crippen molar-refractivity contribution in [1.29, 1.82) is 0 Å². The van der Waals surface area contributed by atoms with Gasteiger partial charge in [-0.15, -0.1) is 0 Å². The molecular weight excluding hydrogens is 383 g/mol. The number of nitrogens with one attached hydrogen (secondary N) is 1. The van der Waals surface area contributed by atoms with E-state index < -0.39 is 11.7 Å². The molecule has 2 aromatic carbocycles. The molecule has 1 saturated carbocycles. The van der Waals surface area contributed by atoms with Gasteiger partial charge in [0.25, 0.3) is 5.91 Å². The molecular formula is C21H20F3N3O2. The number of halogens is 3. The quantitative estimate of drug-likeness (QED) is 0.819. The van der Waals surface area contributed by atoms with Crippen LogP contribution in [0.25, 0.3) is 0 Å². The first-order valence-electron chi connectivity index (χ1n) is 9.46. The van der Waals surface area contributed by atoms with Crippen LogP contribution in [-0.2, 0) is 12.7 Å². The van der Waals surface area contributed by atoms with E-state index in [0.717, 1.165) is 18.9 Å². The monoisotopic (exact) mass is 403 g/mol. The SMILES string of the molecule is O=C1NCCN1c1cccc(C(=O)N(Cc2ccccc2C(F)(F)F)C2CC2)c1. The third kappa shape index (κ3) is 4.06. The lowest BCUT2D eigenvalue weighted by molar-refractivity contribution is -0.138. The van der Waals surface area contributed by atoms with Crippen LogP contribution in [0.2, 0.25) is 0 Å². The number of benzene rings is 2. The van der Waals surface area contributed by atoms with Gasteiger partial charge in [0.2, 0.25) is 0 Å². The highest BCUT2D eigenvalue weighted by molar-refractivity contribution is 5.98. The first kappa shape index (κ1) is 19.3. The lowest BCUT2D eigenvalue weighted by Crippen LogP contribution is -2.34. The molecule has 5 nitrogen and oxygen atoms in total. The average molecular weight is 403 g/mol. The summed E-state index contributed by atoms with van der Waals surface area (Å²) >= 11 is 0. The van der Waals surface area contributed by atoms with E-state index in [1.165, 1.54) is 21.9 Å². The van der Waals surface area contributed by atoms with Crippen LogP contribution in [0.15, 0.2) is 48.5 Å². The van der Waals surface area contributed by atoms with E-state index in [1.54, 1.807) is 30.3 Å². The highest BCUT2D eigenvalue weighted by Crippen LogP contribution is 2.35. The highest BCUT2D eigenvalue weighted by atomic mass is 19.4. The van der Waals surface area contributed by atoms with Crippen LogP contribution in [0.5, 0.6) is 0 Å². The van der Waals surface area contributed by atoms with Gasteiger partial charge in [0, 0.05) is 36.9 Å². The van der Waals surface area contributed by atoms with Crippen LogP contribution in [-0.4, -0.2) is 36.0 Å². The zero-order chi connectivity index (χ0) is 20.6. The summed E-state index contributed by atoms with van der Waals surface area (Å²) in [7, 11) is 0. The predicted molar refractivity (Wildman–Crippen MR) is 102 cm³/mol. The fourth-order valence-corrected chi connectivity index (χ4v) is 3.56. The summed E-state index contributed by atoms with van der Waals surface area (Å²) in [6.45, 7) is 0.925. The summed E-state index contributed by atoms with van der Waals surface area (Å²) in [4.78, 5) is 28.1. The second-order valence-corrected chi connectivity index (χ2v) is 7.25. The van der Waals surface area contributed by atoms with Crippen molar-refractivity contribution in [2.24, 2.45) is 0 Å². The lowest BCUT2D eigenvalue weighted by atomic mass is 10.1. The minimum absolute atomic E-state index is 0.0671. The van der Waals surface area contributed by atoms with Crippen molar-refractivity contribution in [2.45, 2.75) is 31.6 Å². The number of hydrogen-bond acceptors (Lipinski definition) is 2. The largest absolute Gasteiger partial charge is 0.416 e. The third-order valence-electron chi connectivity index (χ3n) is 5.17. The maximum atomic E-state index is 13.4. The molecule has 0 aromatic heterocycles. The van der Waals surface area contributed by atoms with Gasteiger partial charge in [0.05, 0.1) is 5.56 Å². The Morgan fingerprint density at radius 1 is 1.14 bits per heavy atom. The zero-order valence-electron chi connectivity index (χ0n) is 15.6. The average Bonchev–Trinajstić information content (AvgIpc) is 3.45. The Kier molecular flexibility index (Phi) is 4.94. The minimum atomic E-state index is -4.47. The van der Waals surface area contributed by atoms with Gasteiger partial charge < -0.3 is 10.2 Å². The molecule has 0 spiro atoms. The zero-order valence-corrected chi connectivity index (χ0v) is 15.6. The smallest absolute Gasteiger partial charge is 0.336 e. The molecule has 1 N–H and O–H groups in total. The summed E-state index contributed by atoms with van der Waals surface area (Å²) < 4.78 is 40.1. The first-order chi connectivity index (χ1) is 13.8. The van der Waals surface area contributed by atoms with Crippen LogP contribution in [0.4, 0.5) is 23.7 Å². The number of rotatable bonds is 5. The third-order valence-corrected chi connectivity index (χ3v) is 5.17. The fraction of sp³-hybridized carbons (Fsp3) is 0.333. The molecule has 3 amide bonds. The lowest BCUT2D eigenvalue weighted by Gasteiger charge is -2.25. The summed E-state index contributed by atoms with van der Waals surface area (Å²) in [6, 6.07) is 11.7. The van der Waals surface area contributed by atoms with Crippen LogP contribution in [0.3, 0.4) is 0 Å². The van der Waals surface area contributed by atoms with E-state index in [-0.39, 0.29) is 30.1 Å². The van der Waals surface area contributed by atoms with Crippen molar-refractivity contribution in [3.05, 3.63) is 65.2 Å². The van der Waals surface area contributed by atoms with Gasteiger partial charge in [-0.25, -0.2) is 4.79 Å². The molecule has 152 valence electrons. The second-order valence-electron chi connectivity index (χ2n) is 7.25. The number of carbonyl (C=O) groups excluding carboxylic acids is 2. The molecule has 1 saturated heterocycles. The van der Waals surface area contributed by atoms with Gasteiger partial charge >= 0.3 is 12.2 Å². The van der Waals surface area contributed by atoms with E-state index in [9.17, 15) is 22.8 Å². The van der Waals surface area contributed by atoms with E-state index in [2.05, 4.69) is 5.32 Å². The van der Waals surface area contributed by atoms with Crippen LogP contribution in [0.1, 0.15) is 34.3 Å². The number of anilines is 1. The Morgan fingerprint density at radius 3 is 2.55 bits per heavy atom. The molecule has 2 aliphatic rings. The van der Waals surface area contributed by atoms with E-state index >= 15 is 0 Å². The van der Waals surface area contributed by atoms with E-state index in [4.69, 9.17) is 0 Å². The topological polar surface area (TPSA) is 52.7 Å². The van der Waals surface area contributed by atoms with Gasteiger partial charge in [-0.1, -0.05) is 24.3 Å². The van der Waals surface area contributed by atoms with E-state index in [0.29, 0.717) is 24.3 Å². The molecule has 0 atom stereocenters. The van der Waals surface area contributed by atoms with Crippen molar-refractivity contribution >= 4 is 17.6 Å². The van der Waals surface area contributed by atoms with Crippen molar-refractivity contribution < 1.29 is 22.8 Å². The molecule has 0 unspecified atom stereocenters. The molecule has 0 radical (unpaired) electrons. The number of amides is 3. The Morgan fingerprint density at radius 2 is 1.90 bits per heavy atom. The number of nitrogens with zero attached hydrogens (tertiary/aromatic N) is 2. The Labute approximate surface area is 166 Å². The van der Waals surface area contributed by atoms with Crippen molar-refractivity contribution in [3.8, 4) is 0 Å². The van der Waals surface area contributed by atoms with Crippen LogP contribution < -0.4 is 10.2 Å². The maximum Gasteiger partial charge on any atom is 0.416 e. The number of hydrogen-bond donors (Lipinski definition) is 1. The molecule has 8 heteroatoms. The standard InChI is InChI=1S/C21H20F3N3O2/c22-21(23,24)18-7-2-1-4-15(18)13-27(16-8-9-16)19(28)14-5-3-6-17(12-14)26-11-10-25-20(26)29/h1-7,12,16H,8-11,13H2,(H,25,29). The molecule has 0 bridgehead atoms. The second kappa shape index (κ2) is 7.42. The summed E-state index contributed by atoms with van der Waals surface area (Å²) in [5.41, 5.74) is 0.312. The maximum absolute atomic E-state index is 13.4. The summed E-state index contributed by atoms with van der Waals surface area (Å²) in [5, 5.41) is 2.71. The van der Waals surface area contributed by atoms with Crippen molar-refractivity contribution in [1.82, 2.24) is 10.2 Å². The molecule has 4 rings (SSSR count). The van der Waals surface area contributed by atoms with Gasteiger partial charge in [0.1, 0.15) is 0 Å². The van der Waals surface area contributed by atoms with Gasteiger partial charge in [-0.3, -0.25) is 9.69 Å². The van der Waals surface area contributed by atoms with Crippen molar-refractivity contribution in [3.63, 3.8) is 0 Å². The number of urea groups is 1. The Balaban J connectivity index is 1.61. The first-order valence-corrected chi connectivity index (χ1v) is 9.46. The Hall–Kier alpha value is -3.03. The molecule has 2 aromatic rings. The Bertz CT molecular complexity index is 941. The van der Waals surface area contributed by atoms with Crippen molar-refractivity contribution in [2.75, 3.05) is 18.0 Å². The molecule has 1 aliphatic heterocycles. The number of carbonyl (C=O) groups is 2. The minimum Gasteiger partial charge on any atom is -0.336 e. The van der Waals surface area contributed by atoms with Crippen LogP contribution in [0, 0.1) is 0 Å². The van der Waals surface area contributed by atoms with Gasteiger partial charge in [-0.2, -0.15) is 13.2 Å². The van der Waals surface area contributed by atoms with E-state index in [1.807, 2.05) is 0 Å². The predicted octanol–water partition coefficient (Wildman–Crippen LogP) is 4.04. The molecule has 2 fully saturated rings. The highest BCUT2D eigenvalue weighted by Gasteiger charge is 2.37. The summed E-state index contributed by atoms with van der Waals surface area (Å²) in [5.74, 6) is -0.328. The van der Waals surface area contributed by atoms with Gasteiger partial charge in [0.15, 0.2) is 0 Å². The fourth-order valence-electron chi connectivity index (χ4n) is 3.56. The van der Waals surface area contributed by atoms with Gasteiger partial charge in [-0.05, 0) is 42.7 Å². The number of alkyl halides is 3. The molecule has 1 aliphatic carbocycles. The van der Waals surface area contributed by atoms with Crippen LogP contribution >= 0.6 is 0 Å². The molecule has 29 heavy (non-hydrogen) atoms. The molecule has 1 heterocycles. The normalized spacial score (nSPS) is 16.7.